The number of rotatable bonds is 8. The van der Waals surface area contributed by atoms with Gasteiger partial charge in [-0.1, -0.05) is 23.8 Å². The van der Waals surface area contributed by atoms with Crippen LogP contribution in [0.3, 0.4) is 0 Å². The van der Waals surface area contributed by atoms with E-state index in [0.29, 0.717) is 5.92 Å². The monoisotopic (exact) mass is 488 g/mol. The van der Waals surface area contributed by atoms with Crippen molar-refractivity contribution in [3.05, 3.63) is 36.0 Å². The lowest BCUT2D eigenvalue weighted by Gasteiger charge is -2.38. The van der Waals surface area contributed by atoms with Crippen molar-refractivity contribution in [3.63, 3.8) is 0 Å². The number of carbonyl (C=O) groups is 2. The van der Waals surface area contributed by atoms with Crippen molar-refractivity contribution in [3.8, 4) is 0 Å². The Labute approximate surface area is 210 Å². The predicted octanol–water partition coefficient (Wildman–Crippen LogP) is 4.92. The van der Waals surface area contributed by atoms with E-state index in [2.05, 4.69) is 44.3 Å². The Kier molecular flexibility index (Phi) is 9.22. The predicted molar refractivity (Wildman–Crippen MR) is 137 cm³/mol. The van der Waals surface area contributed by atoms with Gasteiger partial charge >= 0.3 is 6.09 Å². The second-order valence-corrected chi connectivity index (χ2v) is 11.4. The van der Waals surface area contributed by atoms with Crippen molar-refractivity contribution >= 4 is 12.0 Å². The molecule has 0 aromatic rings. The lowest BCUT2D eigenvalue weighted by Crippen LogP contribution is -2.43. The van der Waals surface area contributed by atoms with Crippen molar-refractivity contribution in [1.29, 1.82) is 0 Å². The van der Waals surface area contributed by atoms with Gasteiger partial charge in [0, 0.05) is 39.1 Å². The number of nitrogens with one attached hydrogen (secondary N) is 1. The summed E-state index contributed by atoms with van der Waals surface area (Å²) in [4.78, 5) is 25.1. The van der Waals surface area contributed by atoms with Crippen molar-refractivity contribution < 1.29 is 23.8 Å². The topological polar surface area (TPSA) is 80.4 Å². The molecular weight excluding hydrogens is 444 g/mol. The van der Waals surface area contributed by atoms with E-state index in [1.807, 2.05) is 0 Å². The molecule has 3 atom stereocenters. The van der Waals surface area contributed by atoms with Crippen LogP contribution in [-0.4, -0.2) is 67.1 Å². The van der Waals surface area contributed by atoms with Crippen molar-refractivity contribution in [2.45, 2.75) is 102 Å². The maximum atomic E-state index is 12.2. The van der Waals surface area contributed by atoms with Gasteiger partial charge in [-0.2, -0.15) is 0 Å². The molecule has 0 radical (unpaired) electrons. The Morgan fingerprint density at radius 2 is 1.86 bits per heavy atom. The highest BCUT2D eigenvalue weighted by Gasteiger charge is 2.53. The summed E-state index contributed by atoms with van der Waals surface area (Å²) in [5.41, 5.74) is 1.19. The van der Waals surface area contributed by atoms with Crippen LogP contribution >= 0.6 is 0 Å². The number of nitrogens with zero attached hydrogens (tertiary/aromatic N) is 1. The molecule has 3 fully saturated rings. The largest absolute Gasteiger partial charge is 0.442 e. The summed E-state index contributed by atoms with van der Waals surface area (Å²) in [7, 11) is 3.25. The molecule has 0 aromatic carbocycles. The summed E-state index contributed by atoms with van der Waals surface area (Å²) in [5, 5.41) is 3.08. The Morgan fingerprint density at radius 1 is 1.17 bits per heavy atom. The molecule has 1 aliphatic carbocycles. The Morgan fingerprint density at radius 3 is 2.49 bits per heavy atom. The van der Waals surface area contributed by atoms with Gasteiger partial charge in [-0.3, -0.25) is 4.79 Å². The van der Waals surface area contributed by atoms with E-state index in [-0.39, 0.29) is 29.3 Å². The fourth-order valence-electron chi connectivity index (χ4n) is 5.14. The van der Waals surface area contributed by atoms with Gasteiger partial charge in [0.05, 0.1) is 23.9 Å². The molecule has 7 nitrogen and oxygen atoms in total. The van der Waals surface area contributed by atoms with E-state index in [1.165, 1.54) is 16.5 Å². The fourth-order valence-corrected chi connectivity index (χ4v) is 5.14. The third kappa shape index (κ3) is 9.12. The SMILES string of the molecule is CC(/C=C/[C@@H]1CC2(CO2)CC(C)(C)O1)=C\CC1CCC(NC(=O)/C=C\[C@H](C)OC(=O)N(C)C)CC1. The Bertz CT molecular complexity index is 826. The van der Waals surface area contributed by atoms with E-state index in [9.17, 15) is 9.59 Å². The minimum Gasteiger partial charge on any atom is -0.442 e. The highest BCUT2D eigenvalue weighted by molar-refractivity contribution is 5.87. The van der Waals surface area contributed by atoms with Gasteiger partial charge in [-0.05, 0) is 71.8 Å². The molecule has 3 aliphatic rings. The van der Waals surface area contributed by atoms with Crippen molar-refractivity contribution in [2.75, 3.05) is 20.7 Å². The van der Waals surface area contributed by atoms with Crippen molar-refractivity contribution in [1.82, 2.24) is 10.2 Å². The maximum Gasteiger partial charge on any atom is 0.409 e. The number of epoxide rings is 1. The number of hydrogen-bond acceptors (Lipinski definition) is 5. The van der Waals surface area contributed by atoms with E-state index in [1.54, 1.807) is 27.1 Å². The zero-order valence-corrected chi connectivity index (χ0v) is 22.3. The molecule has 3 rings (SSSR count). The summed E-state index contributed by atoms with van der Waals surface area (Å²) < 4.78 is 17.2. The molecule has 1 unspecified atom stereocenters. The van der Waals surface area contributed by atoms with Gasteiger partial charge in [0.25, 0.3) is 0 Å². The van der Waals surface area contributed by atoms with Crippen LogP contribution in [0.1, 0.15) is 72.6 Å². The van der Waals surface area contributed by atoms with E-state index in [0.717, 1.165) is 51.6 Å². The number of ether oxygens (including phenoxy) is 3. The van der Waals surface area contributed by atoms with Crippen LogP contribution < -0.4 is 5.32 Å². The maximum absolute atomic E-state index is 12.2. The second-order valence-electron chi connectivity index (χ2n) is 11.4. The third-order valence-corrected chi connectivity index (χ3v) is 7.05. The van der Waals surface area contributed by atoms with Gasteiger partial charge < -0.3 is 24.4 Å². The molecule has 1 spiro atoms. The smallest absolute Gasteiger partial charge is 0.409 e. The second kappa shape index (κ2) is 11.7. The van der Waals surface area contributed by atoms with Gasteiger partial charge in [0.1, 0.15) is 6.10 Å². The van der Waals surface area contributed by atoms with Gasteiger partial charge in [0.2, 0.25) is 5.91 Å². The number of amides is 2. The Hall–Kier alpha value is -2.12. The average Bonchev–Trinajstić information content (AvgIpc) is 3.51. The average molecular weight is 489 g/mol. The summed E-state index contributed by atoms with van der Waals surface area (Å²) in [6.45, 7) is 9.06. The van der Waals surface area contributed by atoms with Crippen LogP contribution in [0.25, 0.3) is 0 Å². The Balaban J connectivity index is 1.35. The zero-order chi connectivity index (χ0) is 25.6. The summed E-state index contributed by atoms with van der Waals surface area (Å²) in [5.74, 6) is 0.522. The number of hydrogen-bond donors (Lipinski definition) is 1. The van der Waals surface area contributed by atoms with Crippen LogP contribution in [0.15, 0.2) is 36.0 Å². The van der Waals surface area contributed by atoms with Gasteiger partial charge in [-0.15, -0.1) is 0 Å². The lowest BCUT2D eigenvalue weighted by molar-refractivity contribution is -0.117. The highest BCUT2D eigenvalue weighted by atomic mass is 16.6. The van der Waals surface area contributed by atoms with E-state index >= 15 is 0 Å². The first-order chi connectivity index (χ1) is 16.5. The molecule has 196 valence electrons. The zero-order valence-electron chi connectivity index (χ0n) is 22.3. The quantitative estimate of drug-likeness (QED) is 0.298. The molecule has 0 bridgehead atoms. The van der Waals surface area contributed by atoms with Gasteiger partial charge in [0.15, 0.2) is 0 Å². The molecular formula is C28H44N2O5. The normalized spacial score (nSPS) is 31.5. The molecule has 1 N–H and O–H groups in total. The number of allylic oxidation sites excluding steroid dienone is 3. The molecule has 1 saturated carbocycles. The minimum atomic E-state index is -0.449. The van der Waals surface area contributed by atoms with Crippen molar-refractivity contribution in [2.24, 2.45) is 5.92 Å². The first-order valence-electron chi connectivity index (χ1n) is 13.0. The van der Waals surface area contributed by atoms with Crippen LogP contribution in [0.4, 0.5) is 4.79 Å². The standard InChI is InChI=1S/C28H44N2O5/c1-20(8-15-24-17-28(19-33-28)18-27(3,4)35-24)7-10-22-11-13-23(14-12-22)29-25(31)16-9-21(2)34-26(32)30(5)6/h7-9,15-16,21-24H,10-14,17-19H2,1-6H3,(H,29,31)/b15-8+,16-9-,20-7+/t21-,22?,23?,24+,28?/m0/s1. The molecule has 2 aliphatic heterocycles. The molecule has 7 heteroatoms. The summed E-state index contributed by atoms with van der Waals surface area (Å²) >= 11 is 0. The fraction of sp³-hybridized carbons (Fsp3) is 0.714. The van der Waals surface area contributed by atoms with E-state index in [4.69, 9.17) is 14.2 Å². The highest BCUT2D eigenvalue weighted by Crippen LogP contribution is 2.46. The molecule has 2 amide bonds. The summed E-state index contributed by atoms with van der Waals surface area (Å²) in [6, 6.07) is 0.205. The molecule has 0 aromatic heterocycles. The van der Waals surface area contributed by atoms with Crippen LogP contribution in [0.5, 0.6) is 0 Å². The first kappa shape index (κ1) is 27.5. The first-order valence-corrected chi connectivity index (χ1v) is 13.0. The van der Waals surface area contributed by atoms with Gasteiger partial charge in [-0.25, -0.2) is 4.79 Å². The van der Waals surface area contributed by atoms with E-state index < -0.39 is 12.2 Å². The molecule has 2 heterocycles. The van der Waals surface area contributed by atoms with Crippen LogP contribution in [0, 0.1) is 5.92 Å². The third-order valence-electron chi connectivity index (χ3n) is 7.05. The summed E-state index contributed by atoms with van der Waals surface area (Å²) in [6.07, 6.45) is 16.2. The van der Waals surface area contributed by atoms with Crippen LogP contribution in [-0.2, 0) is 19.0 Å². The lowest BCUT2D eigenvalue weighted by atomic mass is 9.83. The number of carbonyl (C=O) groups excluding carboxylic acids is 2. The minimum absolute atomic E-state index is 0.0510. The molecule has 35 heavy (non-hydrogen) atoms. The molecule has 2 saturated heterocycles. The van der Waals surface area contributed by atoms with Crippen LogP contribution in [0.2, 0.25) is 0 Å².